The molecule has 76 valence electrons. The molecular formula is C11H9NO2S. The first-order valence-electron chi connectivity index (χ1n) is 4.47. The van der Waals surface area contributed by atoms with E-state index in [1.54, 1.807) is 6.20 Å². The van der Waals surface area contributed by atoms with E-state index in [1.165, 1.54) is 11.3 Å². The molecule has 0 fully saturated rings. The summed E-state index contributed by atoms with van der Waals surface area (Å²) in [5.74, 6) is -0.844. The molecule has 2 aromatic rings. The lowest BCUT2D eigenvalue weighted by Gasteiger charge is -1.93. The van der Waals surface area contributed by atoms with E-state index in [4.69, 9.17) is 5.11 Å². The number of aliphatic carboxylic acids is 1. The molecule has 0 bridgehead atoms. The average molecular weight is 219 g/mol. The molecule has 4 heteroatoms. The Bertz CT molecular complexity index is 464. The second kappa shape index (κ2) is 4.23. The van der Waals surface area contributed by atoms with Crippen molar-refractivity contribution in [2.24, 2.45) is 0 Å². The molecule has 0 atom stereocenters. The summed E-state index contributed by atoms with van der Waals surface area (Å²) in [5.41, 5.74) is 1.08. The number of hydrogen-bond donors (Lipinski definition) is 1. The second-order valence-electron chi connectivity index (χ2n) is 3.05. The van der Waals surface area contributed by atoms with Crippen molar-refractivity contribution >= 4 is 17.3 Å². The van der Waals surface area contributed by atoms with Gasteiger partial charge in [0.1, 0.15) is 5.01 Å². The van der Waals surface area contributed by atoms with Crippen molar-refractivity contribution in [3.05, 3.63) is 41.5 Å². The van der Waals surface area contributed by atoms with Crippen molar-refractivity contribution in [2.45, 2.75) is 6.42 Å². The van der Waals surface area contributed by atoms with E-state index in [0.717, 1.165) is 10.4 Å². The van der Waals surface area contributed by atoms with Gasteiger partial charge in [-0.15, -0.1) is 11.3 Å². The molecule has 0 radical (unpaired) electrons. The number of carboxylic acids is 1. The van der Waals surface area contributed by atoms with Crippen molar-refractivity contribution < 1.29 is 9.90 Å². The third-order valence-electron chi connectivity index (χ3n) is 1.91. The summed E-state index contributed by atoms with van der Waals surface area (Å²) in [6, 6.07) is 9.82. The topological polar surface area (TPSA) is 50.2 Å². The van der Waals surface area contributed by atoms with E-state index < -0.39 is 5.97 Å². The first-order valence-corrected chi connectivity index (χ1v) is 5.29. The van der Waals surface area contributed by atoms with Crippen molar-refractivity contribution in [2.75, 3.05) is 0 Å². The zero-order valence-corrected chi connectivity index (χ0v) is 8.70. The van der Waals surface area contributed by atoms with Crippen LogP contribution in [0.3, 0.4) is 0 Å². The van der Waals surface area contributed by atoms with Gasteiger partial charge >= 0.3 is 5.97 Å². The molecule has 0 spiro atoms. The van der Waals surface area contributed by atoms with Crippen LogP contribution in [0.2, 0.25) is 0 Å². The fourth-order valence-electron chi connectivity index (χ4n) is 1.26. The van der Waals surface area contributed by atoms with E-state index in [2.05, 4.69) is 4.98 Å². The van der Waals surface area contributed by atoms with Crippen LogP contribution in [0, 0.1) is 0 Å². The third kappa shape index (κ3) is 2.41. The minimum atomic E-state index is -0.844. The highest BCUT2D eigenvalue weighted by Crippen LogP contribution is 2.25. The number of nitrogens with zero attached hydrogens (tertiary/aromatic N) is 1. The standard InChI is InChI=1S/C11H9NO2S/c13-11(14)6-10-12-7-9(15-10)8-4-2-1-3-5-8/h1-5,7H,6H2,(H,13,14). The van der Waals surface area contributed by atoms with Crippen LogP contribution in [0.5, 0.6) is 0 Å². The molecule has 0 aliphatic rings. The molecule has 2 rings (SSSR count). The van der Waals surface area contributed by atoms with Crippen LogP contribution >= 0.6 is 11.3 Å². The van der Waals surface area contributed by atoms with Gasteiger partial charge in [-0.2, -0.15) is 0 Å². The van der Waals surface area contributed by atoms with Crippen LogP contribution < -0.4 is 0 Å². The molecular weight excluding hydrogens is 210 g/mol. The van der Waals surface area contributed by atoms with E-state index in [1.807, 2.05) is 30.3 Å². The maximum Gasteiger partial charge on any atom is 0.310 e. The van der Waals surface area contributed by atoms with E-state index in [9.17, 15) is 4.79 Å². The summed E-state index contributed by atoms with van der Waals surface area (Å²) >= 11 is 1.42. The number of aromatic nitrogens is 1. The Hall–Kier alpha value is -1.68. The summed E-state index contributed by atoms with van der Waals surface area (Å²) < 4.78 is 0. The first-order chi connectivity index (χ1) is 7.25. The van der Waals surface area contributed by atoms with Gasteiger partial charge in [-0.3, -0.25) is 4.79 Å². The molecule has 0 amide bonds. The van der Waals surface area contributed by atoms with Gasteiger partial charge in [-0.05, 0) is 5.56 Å². The summed E-state index contributed by atoms with van der Waals surface area (Å²) in [6.45, 7) is 0. The van der Waals surface area contributed by atoms with Crippen LogP contribution in [-0.4, -0.2) is 16.1 Å². The number of thiazole rings is 1. The Balaban J connectivity index is 2.24. The van der Waals surface area contributed by atoms with Crippen molar-refractivity contribution in [3.8, 4) is 10.4 Å². The monoisotopic (exact) mass is 219 g/mol. The lowest BCUT2D eigenvalue weighted by atomic mass is 10.2. The van der Waals surface area contributed by atoms with Crippen LogP contribution in [0.1, 0.15) is 5.01 Å². The molecule has 0 aliphatic carbocycles. The van der Waals surface area contributed by atoms with Gasteiger partial charge in [-0.1, -0.05) is 30.3 Å². The van der Waals surface area contributed by atoms with Crippen LogP contribution in [-0.2, 0) is 11.2 Å². The Morgan fingerprint density at radius 3 is 2.73 bits per heavy atom. The minimum Gasteiger partial charge on any atom is -0.481 e. The lowest BCUT2D eigenvalue weighted by Crippen LogP contribution is -1.98. The summed E-state index contributed by atoms with van der Waals surface area (Å²) in [7, 11) is 0. The molecule has 0 unspecified atom stereocenters. The lowest BCUT2D eigenvalue weighted by molar-refractivity contribution is -0.136. The first kappa shape index (κ1) is 9.86. The number of rotatable bonds is 3. The fourth-order valence-corrected chi connectivity index (χ4v) is 2.17. The van der Waals surface area contributed by atoms with E-state index in [-0.39, 0.29) is 6.42 Å². The van der Waals surface area contributed by atoms with Crippen molar-refractivity contribution in [3.63, 3.8) is 0 Å². The minimum absolute atomic E-state index is 0.00248. The number of carbonyl (C=O) groups is 1. The van der Waals surface area contributed by atoms with Crippen molar-refractivity contribution in [1.29, 1.82) is 0 Å². The number of benzene rings is 1. The fraction of sp³-hybridized carbons (Fsp3) is 0.0909. The van der Waals surface area contributed by atoms with Crippen LogP contribution in [0.15, 0.2) is 36.5 Å². The molecule has 1 heterocycles. The van der Waals surface area contributed by atoms with Gasteiger partial charge in [0.05, 0.1) is 11.3 Å². The van der Waals surface area contributed by atoms with Crippen molar-refractivity contribution in [1.82, 2.24) is 4.98 Å². The highest BCUT2D eigenvalue weighted by Gasteiger charge is 2.07. The Morgan fingerprint density at radius 2 is 2.07 bits per heavy atom. The normalized spacial score (nSPS) is 10.1. The summed E-state index contributed by atoms with van der Waals surface area (Å²) in [4.78, 5) is 15.6. The summed E-state index contributed by atoms with van der Waals surface area (Å²) in [6.07, 6.45) is 1.72. The SMILES string of the molecule is O=C(O)Cc1ncc(-c2ccccc2)s1. The molecule has 1 N–H and O–H groups in total. The maximum absolute atomic E-state index is 10.5. The molecule has 15 heavy (non-hydrogen) atoms. The zero-order chi connectivity index (χ0) is 10.7. The third-order valence-corrected chi connectivity index (χ3v) is 2.96. The van der Waals surface area contributed by atoms with Crippen LogP contribution in [0.4, 0.5) is 0 Å². The van der Waals surface area contributed by atoms with Gasteiger partial charge < -0.3 is 5.11 Å². The largest absolute Gasteiger partial charge is 0.481 e. The smallest absolute Gasteiger partial charge is 0.310 e. The molecule has 3 nitrogen and oxygen atoms in total. The maximum atomic E-state index is 10.5. The molecule has 0 aliphatic heterocycles. The van der Waals surface area contributed by atoms with E-state index in [0.29, 0.717) is 5.01 Å². The second-order valence-corrected chi connectivity index (χ2v) is 4.17. The van der Waals surface area contributed by atoms with Gasteiger partial charge in [-0.25, -0.2) is 4.98 Å². The quantitative estimate of drug-likeness (QED) is 0.862. The van der Waals surface area contributed by atoms with E-state index >= 15 is 0 Å². The molecule has 1 aromatic heterocycles. The molecule has 1 aromatic carbocycles. The van der Waals surface area contributed by atoms with Crippen LogP contribution in [0.25, 0.3) is 10.4 Å². The predicted octanol–water partition coefficient (Wildman–Crippen LogP) is 2.44. The predicted molar refractivity (Wildman–Crippen MR) is 58.9 cm³/mol. The Morgan fingerprint density at radius 1 is 1.33 bits per heavy atom. The zero-order valence-electron chi connectivity index (χ0n) is 7.88. The highest BCUT2D eigenvalue weighted by molar-refractivity contribution is 7.15. The van der Waals surface area contributed by atoms with Gasteiger partial charge in [0.25, 0.3) is 0 Å². The number of hydrogen-bond acceptors (Lipinski definition) is 3. The Kier molecular flexibility index (Phi) is 2.78. The highest BCUT2D eigenvalue weighted by atomic mass is 32.1. The number of carboxylic acid groups (broad SMARTS) is 1. The van der Waals surface area contributed by atoms with Gasteiger partial charge in [0.15, 0.2) is 0 Å². The molecule has 0 saturated heterocycles. The van der Waals surface area contributed by atoms with Gasteiger partial charge in [0.2, 0.25) is 0 Å². The average Bonchev–Trinajstić information content (AvgIpc) is 2.67. The molecule has 0 saturated carbocycles. The van der Waals surface area contributed by atoms with Gasteiger partial charge in [0, 0.05) is 6.20 Å². The summed E-state index contributed by atoms with van der Waals surface area (Å²) in [5, 5.41) is 9.25. The Labute approximate surface area is 91.0 Å².